The van der Waals surface area contributed by atoms with E-state index in [4.69, 9.17) is 4.74 Å². The first-order valence-corrected chi connectivity index (χ1v) is 7.51. The summed E-state index contributed by atoms with van der Waals surface area (Å²) in [5.74, 6) is 0.766. The van der Waals surface area contributed by atoms with E-state index in [1.807, 2.05) is 0 Å². The fourth-order valence-electron chi connectivity index (χ4n) is 2.56. The molecular formula is C16H18BrNO. The smallest absolute Gasteiger partial charge is 0.0666 e. The Balaban J connectivity index is 1.93. The first-order chi connectivity index (χ1) is 9.29. The topological polar surface area (TPSA) is 21.3 Å². The van der Waals surface area contributed by atoms with Gasteiger partial charge in [0.15, 0.2) is 0 Å². The van der Waals surface area contributed by atoms with Gasteiger partial charge in [-0.15, -0.1) is 0 Å². The summed E-state index contributed by atoms with van der Waals surface area (Å²) in [6.45, 7) is 0.773. The SMILES string of the molecule is COCC(Nc1ccc(Br)c2ccccc12)C1CC1. The van der Waals surface area contributed by atoms with Gasteiger partial charge < -0.3 is 10.1 Å². The molecule has 1 unspecified atom stereocenters. The summed E-state index contributed by atoms with van der Waals surface area (Å²) in [7, 11) is 1.77. The molecule has 3 rings (SSSR count). The van der Waals surface area contributed by atoms with Gasteiger partial charge in [-0.2, -0.15) is 0 Å². The number of halogens is 1. The van der Waals surface area contributed by atoms with Crippen molar-refractivity contribution in [1.82, 2.24) is 0 Å². The van der Waals surface area contributed by atoms with Crippen LogP contribution in [0.4, 0.5) is 5.69 Å². The minimum absolute atomic E-state index is 0.426. The van der Waals surface area contributed by atoms with Crippen molar-refractivity contribution in [3.63, 3.8) is 0 Å². The maximum absolute atomic E-state index is 5.34. The number of benzene rings is 2. The third kappa shape index (κ3) is 2.77. The van der Waals surface area contributed by atoms with Gasteiger partial charge in [0.05, 0.1) is 12.6 Å². The number of anilines is 1. The molecule has 0 aromatic heterocycles. The van der Waals surface area contributed by atoms with Crippen LogP contribution in [0.1, 0.15) is 12.8 Å². The average molecular weight is 320 g/mol. The monoisotopic (exact) mass is 319 g/mol. The van der Waals surface area contributed by atoms with Gasteiger partial charge in [0, 0.05) is 22.7 Å². The number of nitrogens with one attached hydrogen (secondary N) is 1. The van der Waals surface area contributed by atoms with Gasteiger partial charge in [-0.3, -0.25) is 0 Å². The lowest BCUT2D eigenvalue weighted by molar-refractivity contribution is 0.179. The second-order valence-corrected chi connectivity index (χ2v) is 6.04. The summed E-state index contributed by atoms with van der Waals surface area (Å²) in [6.07, 6.45) is 2.63. The van der Waals surface area contributed by atoms with E-state index in [9.17, 15) is 0 Å². The zero-order chi connectivity index (χ0) is 13.2. The maximum atomic E-state index is 5.34. The van der Waals surface area contributed by atoms with E-state index in [0.29, 0.717) is 6.04 Å². The predicted molar refractivity (Wildman–Crippen MR) is 83.7 cm³/mol. The molecule has 2 aromatic carbocycles. The van der Waals surface area contributed by atoms with Crippen molar-refractivity contribution in [2.45, 2.75) is 18.9 Å². The summed E-state index contributed by atoms with van der Waals surface area (Å²) in [4.78, 5) is 0. The van der Waals surface area contributed by atoms with E-state index in [0.717, 1.165) is 17.0 Å². The number of fused-ring (bicyclic) bond motifs is 1. The first kappa shape index (κ1) is 12.9. The molecule has 0 saturated heterocycles. The molecule has 0 aliphatic heterocycles. The fraction of sp³-hybridized carbons (Fsp3) is 0.375. The van der Waals surface area contributed by atoms with E-state index < -0.39 is 0 Å². The molecule has 100 valence electrons. The van der Waals surface area contributed by atoms with Crippen LogP contribution in [0, 0.1) is 5.92 Å². The van der Waals surface area contributed by atoms with Crippen LogP contribution in [0.5, 0.6) is 0 Å². The molecule has 0 radical (unpaired) electrons. The average Bonchev–Trinajstić information content (AvgIpc) is 3.26. The molecular weight excluding hydrogens is 302 g/mol. The van der Waals surface area contributed by atoms with Crippen molar-refractivity contribution in [3.05, 3.63) is 40.9 Å². The molecule has 1 aliphatic carbocycles. The molecule has 1 fully saturated rings. The molecule has 3 heteroatoms. The standard InChI is InChI=1S/C16H18BrNO/c1-19-10-16(11-6-7-11)18-15-9-8-14(17)12-4-2-3-5-13(12)15/h2-5,8-9,11,16,18H,6-7,10H2,1H3. The van der Waals surface area contributed by atoms with Crippen molar-refractivity contribution in [1.29, 1.82) is 0 Å². The third-order valence-electron chi connectivity index (χ3n) is 3.75. The molecule has 19 heavy (non-hydrogen) atoms. The summed E-state index contributed by atoms with van der Waals surface area (Å²) in [5.41, 5.74) is 1.20. The van der Waals surface area contributed by atoms with Crippen LogP contribution >= 0.6 is 15.9 Å². The summed E-state index contributed by atoms with van der Waals surface area (Å²) in [6, 6.07) is 13.2. The second kappa shape index (κ2) is 5.51. The third-order valence-corrected chi connectivity index (χ3v) is 4.44. The predicted octanol–water partition coefficient (Wildman–Crippen LogP) is 4.44. The molecule has 0 amide bonds. The van der Waals surface area contributed by atoms with E-state index >= 15 is 0 Å². The van der Waals surface area contributed by atoms with E-state index in [1.165, 1.54) is 29.3 Å². The highest BCUT2D eigenvalue weighted by molar-refractivity contribution is 9.10. The van der Waals surface area contributed by atoms with Crippen LogP contribution in [0.2, 0.25) is 0 Å². The second-order valence-electron chi connectivity index (χ2n) is 5.18. The van der Waals surface area contributed by atoms with Gasteiger partial charge in [0.2, 0.25) is 0 Å². The van der Waals surface area contributed by atoms with Gasteiger partial charge in [0.25, 0.3) is 0 Å². The maximum Gasteiger partial charge on any atom is 0.0666 e. The normalized spacial score (nSPS) is 16.5. The number of ether oxygens (including phenoxy) is 1. The van der Waals surface area contributed by atoms with Crippen LogP contribution in [0.3, 0.4) is 0 Å². The lowest BCUT2D eigenvalue weighted by Gasteiger charge is -2.20. The van der Waals surface area contributed by atoms with Crippen molar-refractivity contribution < 1.29 is 4.74 Å². The Morgan fingerprint density at radius 1 is 1.21 bits per heavy atom. The first-order valence-electron chi connectivity index (χ1n) is 6.72. The highest BCUT2D eigenvalue weighted by Gasteiger charge is 2.31. The van der Waals surface area contributed by atoms with E-state index in [2.05, 4.69) is 57.6 Å². The van der Waals surface area contributed by atoms with Crippen molar-refractivity contribution >= 4 is 32.4 Å². The lowest BCUT2D eigenvalue weighted by Crippen LogP contribution is -2.27. The minimum Gasteiger partial charge on any atom is -0.383 e. The largest absolute Gasteiger partial charge is 0.383 e. The van der Waals surface area contributed by atoms with Gasteiger partial charge in [0.1, 0.15) is 0 Å². The van der Waals surface area contributed by atoms with Gasteiger partial charge >= 0.3 is 0 Å². The minimum atomic E-state index is 0.426. The number of rotatable bonds is 5. The zero-order valence-electron chi connectivity index (χ0n) is 11.0. The highest BCUT2D eigenvalue weighted by Crippen LogP contribution is 2.36. The fourth-order valence-corrected chi connectivity index (χ4v) is 3.04. The molecule has 1 N–H and O–H groups in total. The Bertz CT molecular complexity index is 580. The van der Waals surface area contributed by atoms with Crippen molar-refractivity contribution in [2.75, 3.05) is 19.0 Å². The molecule has 1 atom stereocenters. The van der Waals surface area contributed by atoms with E-state index in [-0.39, 0.29) is 0 Å². The van der Waals surface area contributed by atoms with E-state index in [1.54, 1.807) is 7.11 Å². The quantitative estimate of drug-likeness (QED) is 0.879. The lowest BCUT2D eigenvalue weighted by atomic mass is 10.1. The van der Waals surface area contributed by atoms with Gasteiger partial charge in [-0.1, -0.05) is 40.2 Å². The van der Waals surface area contributed by atoms with Crippen molar-refractivity contribution in [3.8, 4) is 0 Å². The molecule has 0 bridgehead atoms. The zero-order valence-corrected chi connectivity index (χ0v) is 12.6. The summed E-state index contributed by atoms with van der Waals surface area (Å²) < 4.78 is 6.48. The Morgan fingerprint density at radius 2 is 1.95 bits per heavy atom. The number of hydrogen-bond acceptors (Lipinski definition) is 2. The Kier molecular flexibility index (Phi) is 3.76. The number of methoxy groups -OCH3 is 1. The Hall–Kier alpha value is -1.06. The number of hydrogen-bond donors (Lipinski definition) is 1. The van der Waals surface area contributed by atoms with Crippen LogP contribution < -0.4 is 5.32 Å². The van der Waals surface area contributed by atoms with Gasteiger partial charge in [-0.25, -0.2) is 0 Å². The van der Waals surface area contributed by atoms with Gasteiger partial charge in [-0.05, 0) is 36.3 Å². The molecule has 0 spiro atoms. The van der Waals surface area contributed by atoms with Crippen LogP contribution in [0.25, 0.3) is 10.8 Å². The molecule has 0 heterocycles. The van der Waals surface area contributed by atoms with Crippen molar-refractivity contribution in [2.24, 2.45) is 5.92 Å². The summed E-state index contributed by atoms with van der Waals surface area (Å²) >= 11 is 3.62. The molecule has 2 nitrogen and oxygen atoms in total. The molecule has 1 aliphatic rings. The Morgan fingerprint density at radius 3 is 2.63 bits per heavy atom. The van der Waals surface area contributed by atoms with Crippen LogP contribution in [0.15, 0.2) is 40.9 Å². The summed E-state index contributed by atoms with van der Waals surface area (Å²) in [5, 5.41) is 6.18. The van der Waals surface area contributed by atoms with Crippen LogP contribution in [-0.2, 0) is 4.74 Å². The molecule has 1 saturated carbocycles. The van der Waals surface area contributed by atoms with Crippen LogP contribution in [-0.4, -0.2) is 19.8 Å². The molecule has 2 aromatic rings. The highest BCUT2D eigenvalue weighted by atomic mass is 79.9. The Labute approximate surface area is 122 Å².